The van der Waals surface area contributed by atoms with Gasteiger partial charge in [0, 0.05) is 5.56 Å². The van der Waals surface area contributed by atoms with Crippen molar-refractivity contribution in [3.63, 3.8) is 0 Å². The molecule has 0 bridgehead atoms. The second-order valence-corrected chi connectivity index (χ2v) is 5.92. The first-order chi connectivity index (χ1) is 7.85. The summed E-state index contributed by atoms with van der Waals surface area (Å²) in [7, 11) is -3.25. The molecule has 0 aliphatic heterocycles. The molecule has 0 amide bonds. The van der Waals surface area contributed by atoms with E-state index in [0.717, 1.165) is 23.1 Å². The first-order valence-electron chi connectivity index (χ1n) is 5.59. The molecule has 0 radical (unpaired) electrons. The van der Waals surface area contributed by atoms with Gasteiger partial charge in [-0.2, -0.15) is 0 Å². The number of allylic oxidation sites excluding steroid dienone is 2. The van der Waals surface area contributed by atoms with Crippen LogP contribution in [0.3, 0.4) is 0 Å². The Balaban J connectivity index is 3.32. The summed E-state index contributed by atoms with van der Waals surface area (Å²) in [5.74, 6) is 0. The SMILES string of the molecule is CC/C=C(\C)c1cccc(C)c1NS(C)(=O)=O. The first kappa shape index (κ1) is 13.8. The predicted octanol–water partition coefficient (Wildman–Crippen LogP) is 3.18. The van der Waals surface area contributed by atoms with E-state index in [1.54, 1.807) is 0 Å². The summed E-state index contributed by atoms with van der Waals surface area (Å²) in [6, 6.07) is 5.77. The lowest BCUT2D eigenvalue weighted by Gasteiger charge is -2.14. The van der Waals surface area contributed by atoms with Crippen LogP contribution in [0.4, 0.5) is 5.69 Å². The Bertz CT molecular complexity index is 530. The van der Waals surface area contributed by atoms with Gasteiger partial charge in [0.15, 0.2) is 0 Å². The van der Waals surface area contributed by atoms with E-state index in [-0.39, 0.29) is 0 Å². The van der Waals surface area contributed by atoms with Crippen molar-refractivity contribution in [2.24, 2.45) is 0 Å². The molecule has 4 heteroatoms. The lowest BCUT2D eigenvalue weighted by atomic mass is 10.0. The zero-order valence-corrected chi connectivity index (χ0v) is 11.6. The van der Waals surface area contributed by atoms with E-state index < -0.39 is 10.0 Å². The van der Waals surface area contributed by atoms with E-state index in [9.17, 15) is 8.42 Å². The molecule has 1 N–H and O–H groups in total. The Hall–Kier alpha value is -1.29. The van der Waals surface area contributed by atoms with Crippen molar-refractivity contribution in [2.75, 3.05) is 11.0 Å². The van der Waals surface area contributed by atoms with Gasteiger partial charge in [-0.25, -0.2) is 8.42 Å². The fourth-order valence-corrected chi connectivity index (χ4v) is 2.38. The molecule has 0 heterocycles. The van der Waals surface area contributed by atoms with Crippen LogP contribution in [0.2, 0.25) is 0 Å². The molecule has 0 saturated heterocycles. The average molecular weight is 253 g/mol. The molecular formula is C13H19NO2S. The van der Waals surface area contributed by atoms with Crippen LogP contribution >= 0.6 is 0 Å². The van der Waals surface area contributed by atoms with Crippen molar-refractivity contribution in [1.82, 2.24) is 0 Å². The van der Waals surface area contributed by atoms with Crippen LogP contribution < -0.4 is 4.72 Å². The van der Waals surface area contributed by atoms with E-state index >= 15 is 0 Å². The molecular weight excluding hydrogens is 234 g/mol. The summed E-state index contributed by atoms with van der Waals surface area (Å²) in [5.41, 5.74) is 3.63. The first-order valence-corrected chi connectivity index (χ1v) is 7.49. The average Bonchev–Trinajstić information content (AvgIpc) is 2.19. The molecule has 0 atom stereocenters. The third kappa shape index (κ3) is 3.89. The third-order valence-electron chi connectivity index (χ3n) is 2.50. The van der Waals surface area contributed by atoms with Crippen LogP contribution in [0.15, 0.2) is 24.3 Å². The summed E-state index contributed by atoms with van der Waals surface area (Å²) >= 11 is 0. The topological polar surface area (TPSA) is 46.2 Å². The highest BCUT2D eigenvalue weighted by molar-refractivity contribution is 7.92. The molecule has 0 spiro atoms. The van der Waals surface area contributed by atoms with Crippen molar-refractivity contribution in [3.05, 3.63) is 35.4 Å². The number of anilines is 1. The molecule has 1 rings (SSSR count). The van der Waals surface area contributed by atoms with Crippen molar-refractivity contribution in [3.8, 4) is 0 Å². The normalized spacial score (nSPS) is 12.6. The van der Waals surface area contributed by atoms with Crippen molar-refractivity contribution >= 4 is 21.3 Å². The van der Waals surface area contributed by atoms with Crippen LogP contribution in [0.5, 0.6) is 0 Å². The van der Waals surface area contributed by atoms with Crippen LogP contribution in [-0.4, -0.2) is 14.7 Å². The van der Waals surface area contributed by atoms with Crippen molar-refractivity contribution in [1.29, 1.82) is 0 Å². The van der Waals surface area contributed by atoms with Gasteiger partial charge in [0.05, 0.1) is 11.9 Å². The molecule has 0 fully saturated rings. The molecule has 0 unspecified atom stereocenters. The number of sulfonamides is 1. The van der Waals surface area contributed by atoms with E-state index in [1.807, 2.05) is 32.0 Å². The maximum atomic E-state index is 11.4. The second-order valence-electron chi connectivity index (χ2n) is 4.17. The molecule has 0 aromatic heterocycles. The Morgan fingerprint density at radius 1 is 1.41 bits per heavy atom. The van der Waals surface area contributed by atoms with Crippen molar-refractivity contribution < 1.29 is 8.42 Å². The van der Waals surface area contributed by atoms with E-state index in [0.29, 0.717) is 5.69 Å². The van der Waals surface area contributed by atoms with Gasteiger partial charge in [-0.15, -0.1) is 0 Å². The number of hydrogen-bond donors (Lipinski definition) is 1. The highest BCUT2D eigenvalue weighted by atomic mass is 32.2. The number of hydrogen-bond acceptors (Lipinski definition) is 2. The van der Waals surface area contributed by atoms with E-state index in [2.05, 4.69) is 17.7 Å². The van der Waals surface area contributed by atoms with Gasteiger partial charge in [-0.1, -0.05) is 31.2 Å². The molecule has 0 aliphatic rings. The number of rotatable bonds is 4. The zero-order chi connectivity index (χ0) is 13.1. The molecule has 0 aliphatic carbocycles. The molecule has 3 nitrogen and oxygen atoms in total. The van der Waals surface area contributed by atoms with Crippen LogP contribution in [-0.2, 0) is 10.0 Å². The summed E-state index contributed by atoms with van der Waals surface area (Å²) in [4.78, 5) is 0. The number of para-hydroxylation sites is 1. The van der Waals surface area contributed by atoms with Crippen LogP contribution in [0, 0.1) is 6.92 Å². The third-order valence-corrected chi connectivity index (χ3v) is 3.07. The van der Waals surface area contributed by atoms with E-state index in [1.165, 1.54) is 6.26 Å². The number of aryl methyl sites for hydroxylation is 1. The highest BCUT2D eigenvalue weighted by Crippen LogP contribution is 2.27. The van der Waals surface area contributed by atoms with Gasteiger partial charge < -0.3 is 0 Å². The van der Waals surface area contributed by atoms with Gasteiger partial charge in [0.1, 0.15) is 0 Å². The summed E-state index contributed by atoms with van der Waals surface area (Å²) < 4.78 is 25.3. The molecule has 17 heavy (non-hydrogen) atoms. The number of benzene rings is 1. The Morgan fingerprint density at radius 2 is 2.06 bits per heavy atom. The number of nitrogens with one attached hydrogen (secondary N) is 1. The fourth-order valence-electron chi connectivity index (χ4n) is 1.73. The lowest BCUT2D eigenvalue weighted by molar-refractivity contribution is 0.606. The summed E-state index contributed by atoms with van der Waals surface area (Å²) in [5, 5.41) is 0. The maximum Gasteiger partial charge on any atom is 0.229 e. The molecule has 0 saturated carbocycles. The Kier molecular flexibility index (Phi) is 4.34. The van der Waals surface area contributed by atoms with Crippen LogP contribution in [0.1, 0.15) is 31.4 Å². The molecule has 1 aromatic carbocycles. The highest BCUT2D eigenvalue weighted by Gasteiger charge is 2.10. The minimum Gasteiger partial charge on any atom is -0.283 e. The predicted molar refractivity (Wildman–Crippen MR) is 73.6 cm³/mol. The van der Waals surface area contributed by atoms with Gasteiger partial charge in [-0.3, -0.25) is 4.72 Å². The minimum atomic E-state index is -3.25. The van der Waals surface area contributed by atoms with Crippen LogP contribution in [0.25, 0.3) is 5.57 Å². The zero-order valence-electron chi connectivity index (χ0n) is 10.7. The molecule has 94 valence electrons. The summed E-state index contributed by atoms with van der Waals surface area (Å²) in [6.07, 6.45) is 4.18. The lowest BCUT2D eigenvalue weighted by Crippen LogP contribution is -2.12. The monoisotopic (exact) mass is 253 g/mol. The van der Waals surface area contributed by atoms with Gasteiger partial charge in [0.25, 0.3) is 0 Å². The van der Waals surface area contributed by atoms with Crippen molar-refractivity contribution in [2.45, 2.75) is 27.2 Å². The Morgan fingerprint density at radius 3 is 2.59 bits per heavy atom. The smallest absolute Gasteiger partial charge is 0.229 e. The largest absolute Gasteiger partial charge is 0.283 e. The quantitative estimate of drug-likeness (QED) is 0.895. The standard InChI is InChI=1S/C13H19NO2S/c1-5-7-10(2)12-9-6-8-11(3)13(12)14-17(4,15)16/h6-9,14H,5H2,1-4H3/b10-7+. The van der Waals surface area contributed by atoms with Gasteiger partial charge in [0.2, 0.25) is 10.0 Å². The van der Waals surface area contributed by atoms with E-state index in [4.69, 9.17) is 0 Å². The van der Waals surface area contributed by atoms with Gasteiger partial charge in [-0.05, 0) is 31.4 Å². The molecule has 1 aromatic rings. The minimum absolute atomic E-state index is 0.678. The fraction of sp³-hybridized carbons (Fsp3) is 0.385. The summed E-state index contributed by atoms with van der Waals surface area (Å²) in [6.45, 7) is 5.95. The Labute approximate surface area is 104 Å². The maximum absolute atomic E-state index is 11.4. The van der Waals surface area contributed by atoms with Gasteiger partial charge >= 0.3 is 0 Å². The second kappa shape index (κ2) is 5.36.